The molecule has 1 heterocycles. The van der Waals surface area contributed by atoms with Gasteiger partial charge in [-0.2, -0.15) is 5.10 Å². The first-order valence-corrected chi connectivity index (χ1v) is 7.71. The van der Waals surface area contributed by atoms with E-state index in [0.29, 0.717) is 23.4 Å². The number of rotatable bonds is 5. The highest BCUT2D eigenvalue weighted by atomic mass is 16.5. The van der Waals surface area contributed by atoms with Gasteiger partial charge in [0.25, 0.3) is 0 Å². The summed E-state index contributed by atoms with van der Waals surface area (Å²) in [6, 6.07) is 0.640. The summed E-state index contributed by atoms with van der Waals surface area (Å²) in [4.78, 5) is 0. The van der Waals surface area contributed by atoms with Crippen LogP contribution >= 0.6 is 0 Å². The molecule has 1 aliphatic carbocycles. The highest BCUT2D eigenvalue weighted by molar-refractivity contribution is 5.30. The van der Waals surface area contributed by atoms with Crippen molar-refractivity contribution in [2.45, 2.75) is 59.0 Å². The molecule has 2 atom stereocenters. The van der Waals surface area contributed by atoms with Gasteiger partial charge in [0.2, 0.25) is 0 Å². The van der Waals surface area contributed by atoms with Crippen LogP contribution < -0.4 is 10.1 Å². The molecule has 0 spiro atoms. The Morgan fingerprint density at radius 3 is 2.60 bits per heavy atom. The highest BCUT2D eigenvalue weighted by Crippen LogP contribution is 2.50. The minimum atomic E-state index is 0.298. The largest absolute Gasteiger partial charge is 0.493 e. The first-order valence-electron chi connectivity index (χ1n) is 7.71. The van der Waals surface area contributed by atoms with E-state index in [4.69, 9.17) is 4.74 Å². The van der Waals surface area contributed by atoms with Gasteiger partial charge in [-0.1, -0.05) is 20.3 Å². The van der Waals surface area contributed by atoms with Crippen molar-refractivity contribution in [1.29, 1.82) is 0 Å². The molecule has 2 rings (SSSR count). The molecular weight excluding hydrogens is 250 g/mol. The fourth-order valence-electron chi connectivity index (χ4n) is 3.72. The number of nitrogens with zero attached hydrogens (tertiary/aromatic N) is 2. The van der Waals surface area contributed by atoms with Crippen LogP contribution in [0, 0.1) is 11.3 Å². The van der Waals surface area contributed by atoms with Gasteiger partial charge < -0.3 is 10.1 Å². The summed E-state index contributed by atoms with van der Waals surface area (Å²) < 4.78 is 7.67. The third kappa shape index (κ3) is 2.58. The van der Waals surface area contributed by atoms with Gasteiger partial charge in [0.15, 0.2) is 5.75 Å². The van der Waals surface area contributed by atoms with Crippen LogP contribution in [0.1, 0.15) is 64.7 Å². The highest BCUT2D eigenvalue weighted by Gasteiger charge is 2.41. The first-order chi connectivity index (χ1) is 9.42. The molecule has 114 valence electrons. The molecule has 1 aromatic rings. The van der Waals surface area contributed by atoms with Gasteiger partial charge in [0, 0.05) is 6.04 Å². The van der Waals surface area contributed by atoms with Crippen molar-refractivity contribution in [3.05, 3.63) is 11.9 Å². The molecule has 0 radical (unpaired) electrons. The predicted octanol–water partition coefficient (Wildman–Crippen LogP) is 3.56. The first kappa shape index (κ1) is 15.4. The lowest BCUT2D eigenvalue weighted by Gasteiger charge is -2.35. The third-order valence-corrected chi connectivity index (χ3v) is 4.86. The standard InChI is InChI=1S/C16H29N3O/c1-11(2)19-15(13(20-6)10-18-19)14(17-5)12-8-7-9-16(12,3)4/h10-12,14,17H,7-9H2,1-6H3. The fourth-order valence-corrected chi connectivity index (χ4v) is 3.72. The molecule has 20 heavy (non-hydrogen) atoms. The van der Waals surface area contributed by atoms with Gasteiger partial charge in [-0.3, -0.25) is 4.68 Å². The molecule has 1 fully saturated rings. The van der Waals surface area contributed by atoms with Crippen molar-refractivity contribution < 1.29 is 4.74 Å². The summed E-state index contributed by atoms with van der Waals surface area (Å²) >= 11 is 0. The maximum atomic E-state index is 5.56. The van der Waals surface area contributed by atoms with Gasteiger partial charge in [-0.05, 0) is 45.1 Å². The second-order valence-electron chi connectivity index (χ2n) is 6.89. The molecular formula is C16H29N3O. The van der Waals surface area contributed by atoms with Crippen LogP contribution in [-0.4, -0.2) is 23.9 Å². The summed E-state index contributed by atoms with van der Waals surface area (Å²) in [6.07, 6.45) is 5.73. The fraction of sp³-hybridized carbons (Fsp3) is 0.812. The Morgan fingerprint density at radius 2 is 2.15 bits per heavy atom. The summed E-state index contributed by atoms with van der Waals surface area (Å²) in [5.41, 5.74) is 1.56. The molecule has 1 aromatic heterocycles. The van der Waals surface area contributed by atoms with Gasteiger partial charge in [0.1, 0.15) is 0 Å². The van der Waals surface area contributed by atoms with Crippen LogP contribution in [0.15, 0.2) is 6.20 Å². The van der Waals surface area contributed by atoms with Crippen LogP contribution in [0.2, 0.25) is 0 Å². The van der Waals surface area contributed by atoms with E-state index in [-0.39, 0.29) is 0 Å². The number of hydrogen-bond donors (Lipinski definition) is 1. The Kier molecular flexibility index (Phi) is 4.43. The second kappa shape index (κ2) is 5.76. The number of ether oxygens (including phenoxy) is 1. The molecule has 0 aliphatic heterocycles. The SMILES string of the molecule is CNC(c1c(OC)cnn1C(C)C)C1CCCC1(C)C. The minimum absolute atomic E-state index is 0.298. The Hall–Kier alpha value is -1.03. The van der Waals surface area contributed by atoms with Gasteiger partial charge in [-0.15, -0.1) is 0 Å². The van der Waals surface area contributed by atoms with E-state index in [9.17, 15) is 0 Å². The maximum Gasteiger partial charge on any atom is 0.161 e. The molecule has 4 heteroatoms. The van der Waals surface area contributed by atoms with Crippen LogP contribution in [0.25, 0.3) is 0 Å². The van der Waals surface area contributed by atoms with E-state index in [1.54, 1.807) is 7.11 Å². The van der Waals surface area contributed by atoms with E-state index >= 15 is 0 Å². The van der Waals surface area contributed by atoms with Crippen molar-refractivity contribution in [3.63, 3.8) is 0 Å². The smallest absolute Gasteiger partial charge is 0.161 e. The van der Waals surface area contributed by atoms with Gasteiger partial charge >= 0.3 is 0 Å². The zero-order valence-electron chi connectivity index (χ0n) is 13.7. The second-order valence-corrected chi connectivity index (χ2v) is 6.89. The predicted molar refractivity (Wildman–Crippen MR) is 82.1 cm³/mol. The zero-order chi connectivity index (χ0) is 14.9. The van der Waals surface area contributed by atoms with Crippen LogP contribution in [-0.2, 0) is 0 Å². The van der Waals surface area contributed by atoms with Crippen LogP contribution in [0.5, 0.6) is 5.75 Å². The molecule has 1 saturated carbocycles. The summed E-state index contributed by atoms with van der Waals surface area (Å²) in [6.45, 7) is 9.11. The number of methoxy groups -OCH3 is 1. The van der Waals surface area contributed by atoms with Crippen molar-refractivity contribution in [1.82, 2.24) is 15.1 Å². The van der Waals surface area contributed by atoms with Crippen LogP contribution in [0.4, 0.5) is 0 Å². The van der Waals surface area contributed by atoms with Gasteiger partial charge in [0.05, 0.1) is 25.0 Å². The Balaban J connectivity index is 2.43. The normalized spacial score (nSPS) is 23.2. The molecule has 0 amide bonds. The topological polar surface area (TPSA) is 39.1 Å². The molecule has 0 bridgehead atoms. The summed E-state index contributed by atoms with van der Waals surface area (Å²) in [5.74, 6) is 1.52. The average molecular weight is 279 g/mol. The Morgan fingerprint density at radius 1 is 1.45 bits per heavy atom. The minimum Gasteiger partial charge on any atom is -0.493 e. The van der Waals surface area contributed by atoms with Crippen molar-refractivity contribution >= 4 is 0 Å². The average Bonchev–Trinajstić information content (AvgIpc) is 2.95. The third-order valence-electron chi connectivity index (χ3n) is 4.86. The monoisotopic (exact) mass is 279 g/mol. The van der Waals surface area contributed by atoms with Crippen LogP contribution in [0.3, 0.4) is 0 Å². The van der Waals surface area contributed by atoms with Crippen molar-refractivity contribution in [2.24, 2.45) is 11.3 Å². The molecule has 2 unspecified atom stereocenters. The Bertz CT molecular complexity index is 451. The van der Waals surface area contributed by atoms with Crippen molar-refractivity contribution in [3.8, 4) is 5.75 Å². The molecule has 0 saturated heterocycles. The maximum absolute atomic E-state index is 5.56. The summed E-state index contributed by atoms with van der Waals surface area (Å²) in [5, 5.41) is 8.06. The number of nitrogens with one attached hydrogen (secondary N) is 1. The van der Waals surface area contributed by atoms with E-state index in [1.807, 2.05) is 6.20 Å². The molecule has 1 N–H and O–H groups in total. The lowest BCUT2D eigenvalue weighted by molar-refractivity contribution is 0.192. The van der Waals surface area contributed by atoms with Gasteiger partial charge in [-0.25, -0.2) is 0 Å². The van der Waals surface area contributed by atoms with E-state index in [1.165, 1.54) is 25.0 Å². The lowest BCUT2D eigenvalue weighted by atomic mass is 9.76. The lowest BCUT2D eigenvalue weighted by Crippen LogP contribution is -2.34. The number of aromatic nitrogens is 2. The van der Waals surface area contributed by atoms with Crippen molar-refractivity contribution in [2.75, 3.05) is 14.2 Å². The number of hydrogen-bond acceptors (Lipinski definition) is 3. The quantitative estimate of drug-likeness (QED) is 0.895. The van der Waals surface area contributed by atoms with E-state index < -0.39 is 0 Å². The summed E-state index contributed by atoms with van der Waals surface area (Å²) in [7, 11) is 3.79. The van der Waals surface area contributed by atoms with E-state index in [2.05, 4.69) is 49.8 Å². The Labute approximate surface area is 122 Å². The molecule has 1 aliphatic rings. The molecule has 4 nitrogen and oxygen atoms in total. The molecule has 0 aromatic carbocycles. The zero-order valence-corrected chi connectivity index (χ0v) is 13.7. The van der Waals surface area contributed by atoms with E-state index in [0.717, 1.165) is 5.75 Å².